The molecular formula is C17H29NO4. The maximum Gasteiger partial charge on any atom is 0.407 e. The molecule has 0 heterocycles. The van der Waals surface area contributed by atoms with Crippen molar-refractivity contribution in [1.82, 2.24) is 5.32 Å². The highest BCUT2D eigenvalue weighted by molar-refractivity contribution is 5.80. The molecule has 2 N–H and O–H groups in total. The predicted molar refractivity (Wildman–Crippen MR) is 85.7 cm³/mol. The van der Waals surface area contributed by atoms with Crippen LogP contribution in [0.5, 0.6) is 0 Å². The first-order valence-corrected chi connectivity index (χ1v) is 8.13. The molecule has 0 spiro atoms. The molecule has 5 heteroatoms. The zero-order valence-electron chi connectivity index (χ0n) is 13.8. The number of alkyl carbamates (subject to hydrolysis) is 1. The van der Waals surface area contributed by atoms with Crippen LogP contribution in [0.2, 0.25) is 0 Å². The smallest absolute Gasteiger partial charge is 0.407 e. The van der Waals surface area contributed by atoms with Crippen molar-refractivity contribution in [2.45, 2.75) is 64.8 Å². The van der Waals surface area contributed by atoms with Crippen LogP contribution in [0.25, 0.3) is 0 Å². The first-order chi connectivity index (χ1) is 10.4. The monoisotopic (exact) mass is 311 g/mol. The molecule has 1 fully saturated rings. The second kappa shape index (κ2) is 8.81. The van der Waals surface area contributed by atoms with E-state index in [2.05, 4.69) is 11.9 Å². The average molecular weight is 311 g/mol. The van der Waals surface area contributed by atoms with Crippen molar-refractivity contribution < 1.29 is 19.4 Å². The van der Waals surface area contributed by atoms with E-state index in [0.29, 0.717) is 0 Å². The second-order valence-corrected chi connectivity index (χ2v) is 6.93. The number of carbonyl (C=O) groups excluding carboxylic acids is 1. The van der Waals surface area contributed by atoms with Crippen LogP contribution >= 0.6 is 0 Å². The Morgan fingerprint density at radius 3 is 2.59 bits per heavy atom. The zero-order chi connectivity index (χ0) is 16.6. The highest BCUT2D eigenvalue weighted by atomic mass is 16.5. The minimum Gasteiger partial charge on any atom is -0.480 e. The van der Waals surface area contributed by atoms with Crippen LogP contribution in [0, 0.1) is 11.3 Å². The van der Waals surface area contributed by atoms with Gasteiger partial charge >= 0.3 is 12.1 Å². The van der Waals surface area contributed by atoms with E-state index in [1.807, 2.05) is 19.9 Å². The van der Waals surface area contributed by atoms with Crippen molar-refractivity contribution >= 4 is 12.1 Å². The Morgan fingerprint density at radius 2 is 2.05 bits per heavy atom. The largest absolute Gasteiger partial charge is 0.480 e. The van der Waals surface area contributed by atoms with Gasteiger partial charge in [-0.15, -0.1) is 6.58 Å². The van der Waals surface area contributed by atoms with Gasteiger partial charge in [0.1, 0.15) is 6.04 Å². The van der Waals surface area contributed by atoms with E-state index in [4.69, 9.17) is 4.74 Å². The maximum absolute atomic E-state index is 11.9. The summed E-state index contributed by atoms with van der Waals surface area (Å²) in [6.45, 7) is 8.05. The number of hydrogen-bond acceptors (Lipinski definition) is 3. The average Bonchev–Trinajstić information content (AvgIpc) is 2.96. The van der Waals surface area contributed by atoms with Crippen LogP contribution in [-0.2, 0) is 9.53 Å². The lowest BCUT2D eigenvalue weighted by molar-refractivity contribution is -0.140. The third kappa shape index (κ3) is 6.50. The van der Waals surface area contributed by atoms with Gasteiger partial charge in [-0.25, -0.2) is 9.59 Å². The Bertz CT molecular complexity index is 386. The van der Waals surface area contributed by atoms with Crippen LogP contribution in [0.4, 0.5) is 4.79 Å². The number of hydrogen-bond donors (Lipinski definition) is 2. The molecule has 0 aromatic rings. The fourth-order valence-electron chi connectivity index (χ4n) is 2.90. The Balaban J connectivity index is 2.39. The summed E-state index contributed by atoms with van der Waals surface area (Å²) >= 11 is 0. The highest BCUT2D eigenvalue weighted by Gasteiger charge is 2.32. The number of allylic oxidation sites excluding steroid dienone is 1. The fraction of sp³-hybridized carbons (Fsp3) is 0.765. The van der Waals surface area contributed by atoms with Crippen molar-refractivity contribution in [3.8, 4) is 0 Å². The number of ether oxygens (including phenoxy) is 1. The van der Waals surface area contributed by atoms with Crippen molar-refractivity contribution in [1.29, 1.82) is 0 Å². The summed E-state index contributed by atoms with van der Waals surface area (Å²) in [5.41, 5.74) is -0.119. The number of aliphatic carboxylic acids is 1. The molecule has 1 saturated carbocycles. The quantitative estimate of drug-likeness (QED) is 0.502. The van der Waals surface area contributed by atoms with Crippen molar-refractivity contribution in [3.63, 3.8) is 0 Å². The van der Waals surface area contributed by atoms with Crippen molar-refractivity contribution in [2.24, 2.45) is 11.3 Å². The van der Waals surface area contributed by atoms with Gasteiger partial charge in [0.05, 0.1) is 6.61 Å². The van der Waals surface area contributed by atoms with E-state index in [0.717, 1.165) is 44.9 Å². The van der Waals surface area contributed by atoms with Crippen LogP contribution in [0.1, 0.15) is 58.8 Å². The summed E-state index contributed by atoms with van der Waals surface area (Å²) in [4.78, 5) is 23.2. The van der Waals surface area contributed by atoms with Gasteiger partial charge in [-0.3, -0.25) is 0 Å². The van der Waals surface area contributed by atoms with Crippen molar-refractivity contribution in [3.05, 3.63) is 12.7 Å². The van der Waals surface area contributed by atoms with Crippen LogP contribution in [-0.4, -0.2) is 29.8 Å². The van der Waals surface area contributed by atoms with E-state index in [1.165, 1.54) is 0 Å². The van der Waals surface area contributed by atoms with E-state index in [1.54, 1.807) is 0 Å². The third-order valence-electron chi connectivity index (χ3n) is 4.27. The number of unbranched alkanes of at least 4 members (excludes halogenated alkanes) is 1. The summed E-state index contributed by atoms with van der Waals surface area (Å²) < 4.78 is 5.24. The molecule has 0 aliphatic heterocycles. The molecule has 0 aromatic heterocycles. The van der Waals surface area contributed by atoms with Gasteiger partial charge in [-0.1, -0.05) is 32.8 Å². The summed E-state index contributed by atoms with van der Waals surface area (Å²) in [6.07, 6.45) is 7.88. The summed E-state index contributed by atoms with van der Waals surface area (Å²) in [7, 11) is 0. The first-order valence-electron chi connectivity index (χ1n) is 8.13. The van der Waals surface area contributed by atoms with E-state index < -0.39 is 18.1 Å². The molecule has 0 unspecified atom stereocenters. The van der Waals surface area contributed by atoms with E-state index in [9.17, 15) is 14.7 Å². The third-order valence-corrected chi connectivity index (χ3v) is 4.27. The Kier molecular flexibility index (Phi) is 7.42. The van der Waals surface area contributed by atoms with E-state index in [-0.39, 0.29) is 17.9 Å². The lowest BCUT2D eigenvalue weighted by Gasteiger charge is -2.25. The molecule has 0 saturated heterocycles. The van der Waals surface area contributed by atoms with Gasteiger partial charge in [0, 0.05) is 0 Å². The Morgan fingerprint density at radius 1 is 1.41 bits per heavy atom. The molecule has 0 radical (unpaired) electrons. The number of nitrogens with one attached hydrogen (secondary N) is 1. The lowest BCUT2D eigenvalue weighted by Crippen LogP contribution is -2.46. The number of carbonyl (C=O) groups is 2. The predicted octanol–water partition coefficient (Wildman–Crippen LogP) is 3.74. The lowest BCUT2D eigenvalue weighted by atomic mass is 9.88. The summed E-state index contributed by atoms with van der Waals surface area (Å²) in [5.74, 6) is -0.959. The molecule has 126 valence electrons. The minimum atomic E-state index is -0.978. The maximum atomic E-state index is 11.9. The Hall–Kier alpha value is -1.52. The van der Waals surface area contributed by atoms with Crippen LogP contribution in [0.15, 0.2) is 12.7 Å². The molecule has 1 aliphatic carbocycles. The van der Waals surface area contributed by atoms with Crippen molar-refractivity contribution in [2.75, 3.05) is 6.61 Å². The number of carboxylic acid groups (broad SMARTS) is 1. The van der Waals surface area contributed by atoms with Gasteiger partial charge in [-0.05, 0) is 43.4 Å². The molecule has 1 amide bonds. The SMILES string of the molecule is C=CCCCC(C)(C)COC(=O)N[C@H](C(=O)O)C1CCCC1. The van der Waals surface area contributed by atoms with Gasteiger partial charge in [0.2, 0.25) is 0 Å². The molecule has 1 rings (SSSR count). The molecular weight excluding hydrogens is 282 g/mol. The molecule has 0 bridgehead atoms. The molecule has 22 heavy (non-hydrogen) atoms. The number of carboxylic acids is 1. The van der Waals surface area contributed by atoms with Crippen LogP contribution < -0.4 is 5.32 Å². The number of rotatable bonds is 9. The van der Waals surface area contributed by atoms with Gasteiger partial charge in [0.25, 0.3) is 0 Å². The van der Waals surface area contributed by atoms with Gasteiger partial charge in [0.15, 0.2) is 0 Å². The molecule has 0 aromatic carbocycles. The number of amides is 1. The normalized spacial score (nSPS) is 17.0. The van der Waals surface area contributed by atoms with E-state index >= 15 is 0 Å². The first kappa shape index (κ1) is 18.5. The fourth-order valence-corrected chi connectivity index (χ4v) is 2.90. The van der Waals surface area contributed by atoms with Gasteiger partial charge < -0.3 is 15.2 Å². The molecule has 1 aliphatic rings. The minimum absolute atomic E-state index is 0.0191. The molecule has 5 nitrogen and oxygen atoms in total. The highest BCUT2D eigenvalue weighted by Crippen LogP contribution is 2.28. The van der Waals surface area contributed by atoms with Crippen LogP contribution in [0.3, 0.4) is 0 Å². The second-order valence-electron chi connectivity index (χ2n) is 6.93. The topological polar surface area (TPSA) is 75.6 Å². The molecule has 1 atom stereocenters. The summed E-state index contributed by atoms with van der Waals surface area (Å²) in [5, 5.41) is 11.8. The standard InChI is InChI=1S/C17H29NO4/c1-4-5-8-11-17(2,3)12-22-16(21)18-14(15(19)20)13-9-6-7-10-13/h4,13-14H,1,5-12H2,2-3H3,(H,18,21)(H,19,20)/t14-/m0/s1. The Labute approximate surface area is 133 Å². The van der Waals surface area contributed by atoms with Gasteiger partial charge in [-0.2, -0.15) is 0 Å². The summed E-state index contributed by atoms with van der Waals surface area (Å²) in [6, 6.07) is -0.834. The zero-order valence-corrected chi connectivity index (χ0v) is 13.8.